The van der Waals surface area contributed by atoms with E-state index in [2.05, 4.69) is 21.2 Å². The molecule has 0 saturated carbocycles. The van der Waals surface area contributed by atoms with E-state index in [1.807, 2.05) is 19.1 Å². The zero-order valence-corrected chi connectivity index (χ0v) is 12.5. The van der Waals surface area contributed by atoms with Gasteiger partial charge < -0.3 is 10.1 Å². The summed E-state index contributed by atoms with van der Waals surface area (Å²) >= 11 is 3.37. The second-order valence-corrected chi connectivity index (χ2v) is 5.13. The van der Waals surface area contributed by atoms with Crippen molar-refractivity contribution >= 4 is 15.9 Å². The van der Waals surface area contributed by atoms with E-state index in [1.165, 1.54) is 6.07 Å². The van der Waals surface area contributed by atoms with Gasteiger partial charge in [-0.05, 0) is 30.8 Å². The first-order valence-electron chi connectivity index (χ1n) is 6.22. The fourth-order valence-corrected chi connectivity index (χ4v) is 2.04. The van der Waals surface area contributed by atoms with Crippen molar-refractivity contribution < 1.29 is 13.5 Å². The fraction of sp³-hybridized carbons (Fsp3) is 0.200. The maximum atomic E-state index is 13.2. The second-order valence-electron chi connectivity index (χ2n) is 4.21. The van der Waals surface area contributed by atoms with Gasteiger partial charge in [-0.2, -0.15) is 0 Å². The highest BCUT2D eigenvalue weighted by Crippen LogP contribution is 2.29. The van der Waals surface area contributed by atoms with Crippen molar-refractivity contribution in [1.29, 1.82) is 0 Å². The summed E-state index contributed by atoms with van der Waals surface area (Å²) < 4.78 is 32.6. The van der Waals surface area contributed by atoms with E-state index in [0.717, 1.165) is 28.7 Å². The minimum atomic E-state index is -0.925. The summed E-state index contributed by atoms with van der Waals surface area (Å²) in [5, 5.41) is 3.20. The fourth-order valence-electron chi connectivity index (χ4n) is 1.70. The number of rotatable bonds is 5. The Hall–Kier alpha value is -1.46. The SMILES string of the molecule is CCNCc1ccc(Br)cc1Oc1ccc(F)c(F)c1. The van der Waals surface area contributed by atoms with Crippen LogP contribution in [0.3, 0.4) is 0 Å². The van der Waals surface area contributed by atoms with Gasteiger partial charge in [0.2, 0.25) is 0 Å². The summed E-state index contributed by atoms with van der Waals surface area (Å²) in [6, 6.07) is 9.11. The molecule has 0 aliphatic carbocycles. The smallest absolute Gasteiger partial charge is 0.162 e. The van der Waals surface area contributed by atoms with Gasteiger partial charge in [-0.15, -0.1) is 0 Å². The molecular weight excluding hydrogens is 328 g/mol. The Morgan fingerprint density at radius 1 is 1.10 bits per heavy atom. The number of hydrogen-bond donors (Lipinski definition) is 1. The van der Waals surface area contributed by atoms with Gasteiger partial charge in [0.05, 0.1) is 0 Å². The first-order valence-corrected chi connectivity index (χ1v) is 7.01. The molecule has 2 nitrogen and oxygen atoms in total. The molecule has 0 amide bonds. The first kappa shape index (κ1) is 14.9. The number of benzene rings is 2. The lowest BCUT2D eigenvalue weighted by atomic mass is 10.2. The monoisotopic (exact) mass is 341 g/mol. The molecule has 20 heavy (non-hydrogen) atoms. The van der Waals surface area contributed by atoms with Crippen LogP contribution in [-0.4, -0.2) is 6.54 Å². The molecule has 2 aromatic carbocycles. The Morgan fingerprint density at radius 2 is 1.90 bits per heavy atom. The third-order valence-electron chi connectivity index (χ3n) is 2.71. The Bertz CT molecular complexity index is 604. The third-order valence-corrected chi connectivity index (χ3v) is 3.21. The van der Waals surface area contributed by atoms with Crippen molar-refractivity contribution in [2.75, 3.05) is 6.54 Å². The molecule has 0 radical (unpaired) electrons. The van der Waals surface area contributed by atoms with Crippen molar-refractivity contribution in [3.8, 4) is 11.5 Å². The largest absolute Gasteiger partial charge is 0.457 e. The standard InChI is InChI=1S/C15H14BrF2NO/c1-2-19-9-10-3-4-11(16)7-15(10)20-12-5-6-13(17)14(18)8-12/h3-8,19H,2,9H2,1H3. The normalized spacial score (nSPS) is 10.6. The number of nitrogens with one attached hydrogen (secondary N) is 1. The van der Waals surface area contributed by atoms with E-state index in [-0.39, 0.29) is 5.75 Å². The van der Waals surface area contributed by atoms with Crippen LogP contribution >= 0.6 is 15.9 Å². The average Bonchev–Trinajstić information content (AvgIpc) is 2.42. The van der Waals surface area contributed by atoms with Crippen molar-refractivity contribution in [3.05, 3.63) is 58.1 Å². The van der Waals surface area contributed by atoms with Crippen LogP contribution in [-0.2, 0) is 6.54 Å². The highest BCUT2D eigenvalue weighted by molar-refractivity contribution is 9.10. The molecule has 0 atom stereocenters. The molecule has 0 aliphatic heterocycles. The minimum Gasteiger partial charge on any atom is -0.457 e. The van der Waals surface area contributed by atoms with Crippen LogP contribution in [0.25, 0.3) is 0 Å². The molecule has 0 bridgehead atoms. The lowest BCUT2D eigenvalue weighted by Gasteiger charge is -2.12. The van der Waals surface area contributed by atoms with Crippen LogP contribution in [0.1, 0.15) is 12.5 Å². The average molecular weight is 342 g/mol. The lowest BCUT2D eigenvalue weighted by Crippen LogP contribution is -2.12. The summed E-state index contributed by atoms with van der Waals surface area (Å²) in [6.45, 7) is 3.48. The molecule has 1 N–H and O–H groups in total. The molecule has 0 heterocycles. The Labute approximate surface area is 124 Å². The van der Waals surface area contributed by atoms with Gasteiger partial charge in [0.15, 0.2) is 11.6 Å². The molecule has 0 spiro atoms. The molecule has 0 saturated heterocycles. The van der Waals surface area contributed by atoms with E-state index >= 15 is 0 Å². The quantitative estimate of drug-likeness (QED) is 0.856. The molecule has 2 rings (SSSR count). The maximum absolute atomic E-state index is 13.2. The third kappa shape index (κ3) is 3.77. The molecule has 106 valence electrons. The van der Waals surface area contributed by atoms with E-state index in [1.54, 1.807) is 6.07 Å². The Morgan fingerprint density at radius 3 is 2.60 bits per heavy atom. The van der Waals surface area contributed by atoms with Gasteiger partial charge in [-0.3, -0.25) is 0 Å². The Balaban J connectivity index is 2.26. The van der Waals surface area contributed by atoms with Crippen molar-refractivity contribution in [2.45, 2.75) is 13.5 Å². The van der Waals surface area contributed by atoms with Gasteiger partial charge in [0, 0.05) is 22.6 Å². The highest BCUT2D eigenvalue weighted by Gasteiger charge is 2.08. The van der Waals surface area contributed by atoms with Crippen LogP contribution in [0.4, 0.5) is 8.78 Å². The highest BCUT2D eigenvalue weighted by atomic mass is 79.9. The van der Waals surface area contributed by atoms with Gasteiger partial charge in [-0.1, -0.05) is 28.9 Å². The van der Waals surface area contributed by atoms with Gasteiger partial charge in [0.25, 0.3) is 0 Å². The number of halogens is 3. The predicted molar refractivity (Wildman–Crippen MR) is 78.0 cm³/mol. The topological polar surface area (TPSA) is 21.3 Å². The predicted octanol–water partition coefficient (Wildman–Crippen LogP) is 4.63. The zero-order valence-electron chi connectivity index (χ0n) is 10.9. The minimum absolute atomic E-state index is 0.264. The molecule has 0 aromatic heterocycles. The lowest BCUT2D eigenvalue weighted by molar-refractivity contribution is 0.455. The maximum Gasteiger partial charge on any atom is 0.162 e. The molecule has 2 aromatic rings. The van der Waals surface area contributed by atoms with Crippen LogP contribution < -0.4 is 10.1 Å². The summed E-state index contributed by atoms with van der Waals surface area (Å²) in [4.78, 5) is 0. The zero-order chi connectivity index (χ0) is 14.5. The molecule has 0 fully saturated rings. The number of hydrogen-bond acceptors (Lipinski definition) is 2. The Kier molecular flexibility index (Phi) is 5.09. The van der Waals surface area contributed by atoms with E-state index < -0.39 is 11.6 Å². The van der Waals surface area contributed by atoms with Crippen LogP contribution in [0.2, 0.25) is 0 Å². The second kappa shape index (κ2) is 6.81. The van der Waals surface area contributed by atoms with Crippen LogP contribution in [0.5, 0.6) is 11.5 Å². The molecule has 0 aliphatic rings. The van der Waals surface area contributed by atoms with E-state index in [9.17, 15) is 8.78 Å². The number of ether oxygens (including phenoxy) is 1. The molecule has 0 unspecified atom stereocenters. The summed E-state index contributed by atoms with van der Waals surface area (Å²) in [5.74, 6) is -0.948. The van der Waals surface area contributed by atoms with Gasteiger partial charge >= 0.3 is 0 Å². The van der Waals surface area contributed by atoms with Crippen molar-refractivity contribution in [3.63, 3.8) is 0 Å². The molecule has 5 heteroatoms. The summed E-state index contributed by atoms with van der Waals surface area (Å²) in [7, 11) is 0. The summed E-state index contributed by atoms with van der Waals surface area (Å²) in [5.41, 5.74) is 0.944. The van der Waals surface area contributed by atoms with Gasteiger partial charge in [0.1, 0.15) is 11.5 Å². The van der Waals surface area contributed by atoms with Gasteiger partial charge in [-0.25, -0.2) is 8.78 Å². The van der Waals surface area contributed by atoms with Crippen molar-refractivity contribution in [1.82, 2.24) is 5.32 Å². The first-order chi connectivity index (χ1) is 9.60. The summed E-state index contributed by atoms with van der Waals surface area (Å²) in [6.07, 6.45) is 0. The van der Waals surface area contributed by atoms with Crippen LogP contribution in [0, 0.1) is 11.6 Å². The van der Waals surface area contributed by atoms with Crippen molar-refractivity contribution in [2.24, 2.45) is 0 Å². The van der Waals surface area contributed by atoms with E-state index in [4.69, 9.17) is 4.74 Å². The van der Waals surface area contributed by atoms with E-state index in [0.29, 0.717) is 12.3 Å². The van der Waals surface area contributed by atoms with Crippen LogP contribution in [0.15, 0.2) is 40.9 Å². The molecular formula is C15H14BrF2NO.